The molecule has 0 spiro atoms. The average molecular weight is 364 g/mol. The van der Waals surface area contributed by atoms with Crippen molar-refractivity contribution in [3.05, 3.63) is 16.1 Å². The molecule has 6 nitrogen and oxygen atoms in total. The van der Waals surface area contributed by atoms with Crippen LogP contribution in [0.3, 0.4) is 0 Å². The van der Waals surface area contributed by atoms with Gasteiger partial charge in [-0.25, -0.2) is 4.98 Å². The first-order valence-electron chi connectivity index (χ1n) is 7.00. The molecule has 0 radical (unpaired) electrons. The highest BCUT2D eigenvalue weighted by Gasteiger charge is 2.36. The number of anilines is 2. The van der Waals surface area contributed by atoms with E-state index in [1.54, 1.807) is 6.20 Å². The Labute approximate surface area is 138 Å². The first kappa shape index (κ1) is 16.4. The second-order valence-electron chi connectivity index (χ2n) is 5.17. The van der Waals surface area contributed by atoms with E-state index in [4.69, 9.17) is 5.73 Å². The Hall–Kier alpha value is -1.46. The lowest BCUT2D eigenvalue weighted by molar-refractivity contribution is -0.138. The summed E-state index contributed by atoms with van der Waals surface area (Å²) in [6, 6.07) is 0. The smallest absolute Gasteiger partial charge is 0.375 e. The van der Waals surface area contributed by atoms with Crippen LogP contribution >= 0.6 is 22.7 Å². The molecule has 23 heavy (non-hydrogen) atoms. The highest BCUT2D eigenvalue weighted by Crippen LogP contribution is 2.34. The van der Waals surface area contributed by atoms with E-state index in [0.29, 0.717) is 34.7 Å². The van der Waals surface area contributed by atoms with Crippen molar-refractivity contribution in [3.8, 4) is 0 Å². The Morgan fingerprint density at radius 3 is 2.61 bits per heavy atom. The van der Waals surface area contributed by atoms with Crippen LogP contribution < -0.4 is 10.6 Å². The number of nitrogen functional groups attached to an aromatic ring is 1. The molecule has 0 aromatic carbocycles. The number of halogens is 3. The first-order chi connectivity index (χ1) is 10.9. The standard InChI is InChI=1S/C12H15F3N6S2/c13-12(14,15)9-18-19-11(23-9)21-3-1-2-20(4-5-21)7-8-6-17-10(16)22-8/h6H,1-5,7H2,(H2,16,17). The maximum Gasteiger partial charge on any atom is 0.445 e. The third-order valence-corrected chi connectivity index (χ3v) is 5.31. The molecule has 0 unspecified atom stereocenters. The number of hydrogen-bond donors (Lipinski definition) is 1. The van der Waals surface area contributed by atoms with Gasteiger partial charge in [-0.1, -0.05) is 11.3 Å². The molecule has 0 aliphatic carbocycles. The molecule has 1 saturated heterocycles. The van der Waals surface area contributed by atoms with Crippen molar-refractivity contribution in [1.29, 1.82) is 0 Å². The SMILES string of the molecule is Nc1ncc(CN2CCCN(c3nnc(C(F)(F)F)s3)CC2)s1. The van der Waals surface area contributed by atoms with Crippen LogP contribution in [0.2, 0.25) is 0 Å². The largest absolute Gasteiger partial charge is 0.445 e. The molecule has 3 rings (SSSR count). The van der Waals surface area contributed by atoms with Crippen LogP contribution in [0.1, 0.15) is 16.3 Å². The summed E-state index contributed by atoms with van der Waals surface area (Å²) in [7, 11) is 0. The van der Waals surface area contributed by atoms with Gasteiger partial charge < -0.3 is 10.6 Å². The predicted molar refractivity (Wildman–Crippen MR) is 83.5 cm³/mol. The molecular weight excluding hydrogens is 349 g/mol. The van der Waals surface area contributed by atoms with Crippen LogP contribution in [0, 0.1) is 0 Å². The molecule has 1 fully saturated rings. The Morgan fingerprint density at radius 1 is 1.13 bits per heavy atom. The first-order valence-corrected chi connectivity index (χ1v) is 8.63. The van der Waals surface area contributed by atoms with Crippen LogP contribution in [0.15, 0.2) is 6.20 Å². The molecule has 1 aliphatic heterocycles. The summed E-state index contributed by atoms with van der Waals surface area (Å²) in [6.07, 6.45) is -1.81. The second-order valence-corrected chi connectivity index (χ2v) is 7.27. The monoisotopic (exact) mass is 364 g/mol. The number of thiazole rings is 1. The number of alkyl halides is 3. The number of hydrogen-bond acceptors (Lipinski definition) is 8. The molecule has 2 aromatic rings. The van der Waals surface area contributed by atoms with Crippen LogP contribution in [-0.2, 0) is 12.7 Å². The fourth-order valence-electron chi connectivity index (χ4n) is 2.39. The van der Waals surface area contributed by atoms with Crippen molar-refractivity contribution in [3.63, 3.8) is 0 Å². The summed E-state index contributed by atoms with van der Waals surface area (Å²) in [6.45, 7) is 3.68. The van der Waals surface area contributed by atoms with Gasteiger partial charge in [0.2, 0.25) is 10.1 Å². The third-order valence-electron chi connectivity index (χ3n) is 3.47. The van der Waals surface area contributed by atoms with E-state index in [1.807, 2.05) is 4.90 Å². The Kier molecular flexibility index (Phi) is 4.69. The van der Waals surface area contributed by atoms with E-state index in [-0.39, 0.29) is 0 Å². The van der Waals surface area contributed by atoms with Crippen molar-refractivity contribution < 1.29 is 13.2 Å². The topological polar surface area (TPSA) is 71.2 Å². The molecule has 0 atom stereocenters. The van der Waals surface area contributed by atoms with Crippen molar-refractivity contribution in [2.24, 2.45) is 0 Å². The van der Waals surface area contributed by atoms with Gasteiger partial charge in [0.1, 0.15) is 0 Å². The molecule has 0 saturated carbocycles. The number of nitrogens with two attached hydrogens (primary N) is 1. The Bertz CT molecular complexity index is 655. The van der Waals surface area contributed by atoms with Crippen LogP contribution in [-0.4, -0.2) is 46.3 Å². The van der Waals surface area contributed by atoms with Crippen LogP contribution in [0.4, 0.5) is 23.4 Å². The van der Waals surface area contributed by atoms with E-state index in [9.17, 15) is 13.2 Å². The summed E-state index contributed by atoms with van der Waals surface area (Å²) in [5.41, 5.74) is 5.62. The lowest BCUT2D eigenvalue weighted by Gasteiger charge is -2.20. The fourth-order valence-corrected chi connectivity index (χ4v) is 3.88. The van der Waals surface area contributed by atoms with Gasteiger partial charge in [0, 0.05) is 43.8 Å². The van der Waals surface area contributed by atoms with Gasteiger partial charge in [0.15, 0.2) is 5.13 Å². The minimum absolute atomic E-state index is 0.334. The van der Waals surface area contributed by atoms with Gasteiger partial charge in [-0.3, -0.25) is 4.90 Å². The molecule has 11 heteroatoms. The molecule has 0 bridgehead atoms. The van der Waals surface area contributed by atoms with E-state index < -0.39 is 11.2 Å². The normalized spacial score (nSPS) is 17.4. The van der Waals surface area contributed by atoms with Crippen molar-refractivity contribution in [2.45, 2.75) is 19.1 Å². The summed E-state index contributed by atoms with van der Waals surface area (Å²) < 4.78 is 37.9. The molecule has 2 N–H and O–H groups in total. The van der Waals surface area contributed by atoms with E-state index in [0.717, 1.165) is 30.9 Å². The minimum Gasteiger partial charge on any atom is -0.375 e. The van der Waals surface area contributed by atoms with Crippen molar-refractivity contribution in [2.75, 3.05) is 36.8 Å². The molecule has 126 valence electrons. The van der Waals surface area contributed by atoms with Gasteiger partial charge >= 0.3 is 6.18 Å². The van der Waals surface area contributed by atoms with Crippen molar-refractivity contribution in [1.82, 2.24) is 20.1 Å². The average Bonchev–Trinajstić information content (AvgIpc) is 3.05. The van der Waals surface area contributed by atoms with Crippen molar-refractivity contribution >= 4 is 32.9 Å². The lowest BCUT2D eigenvalue weighted by Crippen LogP contribution is -2.30. The Morgan fingerprint density at radius 2 is 1.96 bits per heavy atom. The van der Waals surface area contributed by atoms with Gasteiger partial charge in [-0.15, -0.1) is 21.5 Å². The Balaban J connectivity index is 1.61. The summed E-state index contributed by atoms with van der Waals surface area (Å²) >= 11 is 2.06. The van der Waals surface area contributed by atoms with Crippen LogP contribution in [0.25, 0.3) is 0 Å². The molecule has 3 heterocycles. The molecule has 1 aliphatic rings. The molecular formula is C12H15F3N6S2. The van der Waals surface area contributed by atoms with E-state index in [2.05, 4.69) is 20.1 Å². The highest BCUT2D eigenvalue weighted by atomic mass is 32.1. The van der Waals surface area contributed by atoms with Gasteiger partial charge in [-0.2, -0.15) is 13.2 Å². The zero-order valence-electron chi connectivity index (χ0n) is 12.1. The molecule has 0 amide bonds. The third kappa shape index (κ3) is 4.09. The number of rotatable bonds is 3. The quantitative estimate of drug-likeness (QED) is 0.901. The van der Waals surface area contributed by atoms with Gasteiger partial charge in [0.25, 0.3) is 0 Å². The minimum atomic E-state index is -4.43. The predicted octanol–water partition coefficient (Wildman–Crippen LogP) is 2.31. The van der Waals surface area contributed by atoms with E-state index >= 15 is 0 Å². The summed E-state index contributed by atoms with van der Waals surface area (Å²) in [5, 5.41) is 6.93. The zero-order valence-corrected chi connectivity index (χ0v) is 13.7. The second kappa shape index (κ2) is 6.57. The van der Waals surface area contributed by atoms with Gasteiger partial charge in [0.05, 0.1) is 0 Å². The van der Waals surface area contributed by atoms with E-state index in [1.165, 1.54) is 11.3 Å². The maximum atomic E-state index is 12.6. The fraction of sp³-hybridized carbons (Fsp3) is 0.583. The summed E-state index contributed by atoms with van der Waals surface area (Å²) in [4.78, 5) is 9.24. The number of aromatic nitrogens is 3. The number of nitrogens with zero attached hydrogens (tertiary/aromatic N) is 5. The maximum absolute atomic E-state index is 12.6. The lowest BCUT2D eigenvalue weighted by atomic mass is 10.4. The van der Waals surface area contributed by atoms with Gasteiger partial charge in [-0.05, 0) is 6.42 Å². The van der Waals surface area contributed by atoms with Crippen LogP contribution in [0.5, 0.6) is 0 Å². The highest BCUT2D eigenvalue weighted by molar-refractivity contribution is 7.15. The zero-order chi connectivity index (χ0) is 16.4. The molecule has 2 aromatic heterocycles. The summed E-state index contributed by atoms with van der Waals surface area (Å²) in [5.74, 6) is 0.